The molecule has 0 saturated carbocycles. The van der Waals surface area contributed by atoms with Crippen molar-refractivity contribution >= 4 is 54.9 Å². The molecule has 9 aromatic rings. The van der Waals surface area contributed by atoms with Gasteiger partial charge in [-0.2, -0.15) is 30.3 Å². The van der Waals surface area contributed by atoms with Gasteiger partial charge in [0.15, 0.2) is 11.0 Å². The number of fused-ring (bicyclic) bond motifs is 7. The van der Waals surface area contributed by atoms with E-state index < -0.39 is 0 Å². The minimum atomic E-state index is -0.175. The van der Waals surface area contributed by atoms with Gasteiger partial charge in [0, 0.05) is 34.2 Å². The van der Waals surface area contributed by atoms with Gasteiger partial charge in [0.2, 0.25) is 0 Å². The summed E-state index contributed by atoms with van der Waals surface area (Å²) < 4.78 is 9.11. The minimum Gasteiger partial charge on any atom is -0.318 e. The number of hydrogen-bond donors (Lipinski definition) is 0. The van der Waals surface area contributed by atoms with Crippen LogP contribution < -0.4 is 4.57 Å². The van der Waals surface area contributed by atoms with Gasteiger partial charge in [0.1, 0.15) is 11.3 Å². The van der Waals surface area contributed by atoms with Crippen LogP contribution >= 0.6 is 0 Å². The number of aryl methyl sites for hydroxylation is 1. The van der Waals surface area contributed by atoms with Crippen LogP contribution in [0.4, 0.5) is 0 Å². The Balaban J connectivity index is 0.00000336. The molecule has 0 amide bonds. The SMILES string of the molecule is Cc1n(-c2[c-]c(-n3c4ccccc4c4c(C(C)(C)C)c5c6ccccc6n(-c6[c-]cccc6)c5nc43)ccc2)c2ccccc2[n+]1C.[Pt+2]. The summed E-state index contributed by atoms with van der Waals surface area (Å²) in [5.41, 5.74) is 10.5. The van der Waals surface area contributed by atoms with Crippen LogP contribution in [-0.4, -0.2) is 18.7 Å². The second-order valence-electron chi connectivity index (χ2n) is 13.4. The van der Waals surface area contributed by atoms with Gasteiger partial charge in [-0.1, -0.05) is 80.7 Å². The maximum absolute atomic E-state index is 5.63. The number of imidazole rings is 1. The summed E-state index contributed by atoms with van der Waals surface area (Å²) in [6.07, 6.45) is 0. The summed E-state index contributed by atoms with van der Waals surface area (Å²) >= 11 is 0. The summed E-state index contributed by atoms with van der Waals surface area (Å²) in [5.74, 6) is 1.14. The molecule has 0 aliphatic heterocycles. The van der Waals surface area contributed by atoms with Crippen LogP contribution in [0.2, 0.25) is 0 Å². The van der Waals surface area contributed by atoms with E-state index >= 15 is 0 Å². The predicted octanol–water partition coefficient (Wildman–Crippen LogP) is 9.25. The predicted molar refractivity (Wildman–Crippen MR) is 192 cm³/mol. The topological polar surface area (TPSA) is 31.6 Å². The number of aromatic nitrogens is 5. The number of hydrogen-bond acceptors (Lipinski definition) is 1. The fourth-order valence-corrected chi connectivity index (χ4v) is 7.59. The zero-order valence-electron chi connectivity index (χ0n) is 27.5. The van der Waals surface area contributed by atoms with Crippen LogP contribution in [0, 0.1) is 19.1 Å². The van der Waals surface area contributed by atoms with Gasteiger partial charge in [0.25, 0.3) is 5.82 Å². The van der Waals surface area contributed by atoms with Gasteiger partial charge in [-0.05, 0) is 35.2 Å². The second kappa shape index (κ2) is 11.0. The van der Waals surface area contributed by atoms with Crippen LogP contribution in [-0.2, 0) is 33.5 Å². The van der Waals surface area contributed by atoms with Crippen molar-refractivity contribution in [3.8, 4) is 17.1 Å². The van der Waals surface area contributed by atoms with Crippen molar-refractivity contribution in [2.45, 2.75) is 33.1 Å². The molecule has 0 aliphatic rings. The third-order valence-corrected chi connectivity index (χ3v) is 9.63. The van der Waals surface area contributed by atoms with Crippen molar-refractivity contribution < 1.29 is 25.6 Å². The Hall–Kier alpha value is -4.99. The zero-order chi connectivity index (χ0) is 32.0. The molecule has 5 aromatic carbocycles. The quantitative estimate of drug-likeness (QED) is 0.130. The molecule has 0 radical (unpaired) electrons. The van der Waals surface area contributed by atoms with Crippen molar-refractivity contribution in [1.29, 1.82) is 0 Å². The molecule has 9 rings (SSSR count). The first-order chi connectivity index (χ1) is 22.8. The summed E-state index contributed by atoms with van der Waals surface area (Å²) in [5, 5.41) is 4.78. The van der Waals surface area contributed by atoms with E-state index in [0.717, 1.165) is 50.7 Å². The molecule has 236 valence electrons. The summed E-state index contributed by atoms with van der Waals surface area (Å²) in [6.45, 7) is 9.12. The number of nitrogens with zero attached hydrogens (tertiary/aromatic N) is 5. The van der Waals surface area contributed by atoms with Gasteiger partial charge in [-0.15, -0.1) is 24.3 Å². The van der Waals surface area contributed by atoms with Crippen molar-refractivity contribution in [3.63, 3.8) is 0 Å². The largest absolute Gasteiger partial charge is 2.00 e. The first-order valence-corrected chi connectivity index (χ1v) is 16.2. The van der Waals surface area contributed by atoms with E-state index in [-0.39, 0.29) is 26.5 Å². The maximum atomic E-state index is 5.63. The number of pyridine rings is 1. The number of para-hydroxylation sites is 5. The molecule has 0 bridgehead atoms. The van der Waals surface area contributed by atoms with E-state index in [9.17, 15) is 0 Å². The van der Waals surface area contributed by atoms with Crippen LogP contribution in [0.1, 0.15) is 32.2 Å². The Labute approximate surface area is 293 Å². The second-order valence-corrected chi connectivity index (χ2v) is 13.4. The molecule has 0 fully saturated rings. The first-order valence-electron chi connectivity index (χ1n) is 16.2. The van der Waals surface area contributed by atoms with E-state index in [4.69, 9.17) is 4.98 Å². The monoisotopic (exact) mass is 803 g/mol. The van der Waals surface area contributed by atoms with Gasteiger partial charge in [-0.3, -0.25) is 0 Å². The van der Waals surface area contributed by atoms with E-state index in [2.05, 4.69) is 168 Å². The van der Waals surface area contributed by atoms with Crippen LogP contribution in [0.5, 0.6) is 0 Å². The normalized spacial score (nSPS) is 12.1. The fourth-order valence-electron chi connectivity index (χ4n) is 7.59. The molecular weight excluding hydrogens is 770 g/mol. The Kier molecular flexibility index (Phi) is 6.98. The molecule has 5 nitrogen and oxygen atoms in total. The number of rotatable bonds is 3. The van der Waals surface area contributed by atoms with Gasteiger partial charge >= 0.3 is 21.1 Å². The molecule has 0 N–H and O–H groups in total. The van der Waals surface area contributed by atoms with E-state index in [1.165, 1.54) is 32.6 Å². The average Bonchev–Trinajstić information content (AvgIpc) is 3.68. The van der Waals surface area contributed by atoms with Crippen LogP contribution in [0.25, 0.3) is 72.0 Å². The molecule has 0 unspecified atom stereocenters. The van der Waals surface area contributed by atoms with Gasteiger partial charge in [0.05, 0.1) is 18.1 Å². The first kappa shape index (κ1) is 30.3. The third kappa shape index (κ3) is 4.27. The smallest absolute Gasteiger partial charge is 0.318 e. The molecular formula is C42H34N5Pt+. The van der Waals surface area contributed by atoms with E-state index in [1.54, 1.807) is 0 Å². The number of benzene rings is 5. The van der Waals surface area contributed by atoms with Crippen molar-refractivity contribution in [2.75, 3.05) is 0 Å². The Morgan fingerprint density at radius 2 is 1.12 bits per heavy atom. The van der Waals surface area contributed by atoms with Gasteiger partial charge < -0.3 is 9.13 Å². The molecule has 48 heavy (non-hydrogen) atoms. The maximum Gasteiger partial charge on any atom is 2.00 e. The zero-order valence-corrected chi connectivity index (χ0v) is 29.8. The average molecular weight is 804 g/mol. The Morgan fingerprint density at radius 3 is 1.73 bits per heavy atom. The Morgan fingerprint density at radius 1 is 0.604 bits per heavy atom. The molecule has 0 atom stereocenters. The van der Waals surface area contributed by atoms with Crippen molar-refractivity contribution in [1.82, 2.24) is 18.7 Å². The molecule has 4 aromatic heterocycles. The molecule has 6 heteroatoms. The van der Waals surface area contributed by atoms with Crippen molar-refractivity contribution in [2.24, 2.45) is 7.05 Å². The summed E-state index contributed by atoms with van der Waals surface area (Å²) in [7, 11) is 2.12. The molecule has 4 heterocycles. The minimum absolute atomic E-state index is 0. The molecule has 0 saturated heterocycles. The van der Waals surface area contributed by atoms with Crippen LogP contribution in [0.3, 0.4) is 0 Å². The summed E-state index contributed by atoms with van der Waals surface area (Å²) in [6, 6.07) is 47.9. The molecule has 0 spiro atoms. The Bertz CT molecular complexity index is 2690. The standard InChI is InChI=1S/C42H34N5.Pt/c1-27-44(5)35-24-13-14-25-36(35)45(27)29-18-15-19-30(26-29)47-34-23-12-10-21-32(34)38-39(42(2,3)4)37-31-20-9-11-22-33(31)46(40(37)43-41(38)47)28-16-7-6-8-17-28;/h6-16,18-25H,1-5H3;/q-1;+2. The fraction of sp³-hybridized carbons (Fsp3) is 0.143. The van der Waals surface area contributed by atoms with Gasteiger partial charge in [-0.25, -0.2) is 14.1 Å². The third-order valence-electron chi connectivity index (χ3n) is 9.63. The van der Waals surface area contributed by atoms with E-state index in [0.29, 0.717) is 0 Å². The van der Waals surface area contributed by atoms with Crippen molar-refractivity contribution in [3.05, 3.63) is 139 Å². The van der Waals surface area contributed by atoms with Crippen LogP contribution in [0.15, 0.2) is 115 Å². The summed E-state index contributed by atoms with van der Waals surface area (Å²) in [4.78, 5) is 5.63. The van der Waals surface area contributed by atoms with E-state index in [1.807, 2.05) is 12.1 Å². The molecule has 0 aliphatic carbocycles.